The average Bonchev–Trinajstić information content (AvgIpc) is 4.00. The number of rotatable bonds is 9. The Hall–Kier alpha value is -4.82. The molecule has 6 heterocycles. The summed E-state index contributed by atoms with van der Waals surface area (Å²) in [5, 5.41) is 34.7. The van der Waals surface area contributed by atoms with E-state index >= 15 is 0 Å². The molecule has 6 rings (SSSR count). The standard InChI is InChI=1S/C42H56N10.2C2H3N.2Cu.2F6P/c1-39(2,3)33-21-25-49(45-33)37(50-26-22-34(46-50)40(4,5)6)31-17-13-15-29(43-31)19-20-30-16-14-18-32(44-30)38(51-27-23-35(47-51)41(7,8)9)52-28-24-36(48-52)42(10,11)12;2*1-2-3;;;2*1-7(2,3,4,5)6/h13-18,21-28,37-38H,19-20H2,1-12H3;2*1H3;;;;/q;;;;;2*-1. The van der Waals surface area contributed by atoms with E-state index in [0.717, 1.165) is 58.4 Å². The van der Waals surface area contributed by atoms with E-state index < -0.39 is 15.6 Å². The molecule has 2 radical (unpaired) electrons. The maximum absolute atomic E-state index is 10.7. The number of aromatic nitrogens is 10. The topological polar surface area (TPSA) is 145 Å². The molecule has 0 saturated carbocycles. The zero-order chi connectivity index (χ0) is 55.9. The summed E-state index contributed by atoms with van der Waals surface area (Å²) in [6.45, 7) is 29.0. The summed E-state index contributed by atoms with van der Waals surface area (Å²) in [6, 6.07) is 24.4. The van der Waals surface area contributed by atoms with Crippen LogP contribution in [0.15, 0.2) is 85.5 Å². The Labute approximate surface area is 444 Å². The van der Waals surface area contributed by atoms with Crippen LogP contribution in [0, 0.1) is 22.7 Å². The summed E-state index contributed by atoms with van der Waals surface area (Å²) >= 11 is 0. The van der Waals surface area contributed by atoms with Gasteiger partial charge in [-0.3, -0.25) is 9.97 Å². The molecule has 0 atom stereocenters. The van der Waals surface area contributed by atoms with Gasteiger partial charge in [-0.1, -0.05) is 95.2 Å². The third-order valence-electron chi connectivity index (χ3n) is 9.33. The third kappa shape index (κ3) is 27.1. The van der Waals surface area contributed by atoms with Gasteiger partial charge in [0.2, 0.25) is 0 Å². The van der Waals surface area contributed by atoms with Crippen molar-refractivity contribution >= 4 is 15.6 Å². The SMILES string of the molecule is CC#N.CC#N.CC(C)(C)c1ccn(C(c2cccc(CCc3cccc(C(n4ccc(C(C)(C)C)n4)n4ccc(C(C)(C)C)n4)n3)n2)n2ccc(C(C)(C)C)n2)n1.F[P-](F)(F)(F)(F)F.F[P-](F)(F)(F)(F)F.[Cu].[Cu]. The van der Waals surface area contributed by atoms with Crippen molar-refractivity contribution in [1.82, 2.24) is 49.1 Å². The van der Waals surface area contributed by atoms with Crippen LogP contribution in [0.5, 0.6) is 0 Å². The molecule has 6 aromatic rings. The van der Waals surface area contributed by atoms with Crippen molar-refractivity contribution in [1.29, 1.82) is 10.5 Å². The molecule has 12 nitrogen and oxygen atoms in total. The fourth-order valence-corrected chi connectivity index (χ4v) is 6.10. The molecule has 0 aliphatic heterocycles. The van der Waals surface area contributed by atoms with Gasteiger partial charge in [0.1, 0.15) is 0 Å². The third-order valence-corrected chi connectivity index (χ3v) is 9.33. The van der Waals surface area contributed by atoms with Gasteiger partial charge in [-0.05, 0) is 61.4 Å². The molecule has 74 heavy (non-hydrogen) atoms. The molecule has 424 valence electrons. The molecule has 0 aromatic carbocycles. The Morgan fingerprint density at radius 1 is 0.419 bits per heavy atom. The van der Waals surface area contributed by atoms with E-state index in [1.807, 2.05) is 43.5 Å². The first-order valence-corrected chi connectivity index (χ1v) is 25.9. The molecule has 6 aromatic heterocycles. The van der Waals surface area contributed by atoms with Crippen molar-refractivity contribution in [3.8, 4) is 12.1 Å². The van der Waals surface area contributed by atoms with Gasteiger partial charge < -0.3 is 0 Å². The molecule has 0 N–H and O–H groups in total. The molecule has 0 amide bonds. The van der Waals surface area contributed by atoms with Gasteiger partial charge in [0.25, 0.3) is 0 Å². The van der Waals surface area contributed by atoms with Crippen LogP contribution >= 0.6 is 15.6 Å². The fraction of sp³-hybridized carbons (Fsp3) is 0.478. The molecule has 0 saturated heterocycles. The first-order valence-electron chi connectivity index (χ1n) is 21.9. The predicted octanol–water partition coefficient (Wildman–Crippen LogP) is 16.2. The van der Waals surface area contributed by atoms with Crippen LogP contribution in [0.2, 0.25) is 0 Å². The van der Waals surface area contributed by atoms with E-state index in [-0.39, 0.29) is 68.1 Å². The normalized spacial score (nSPS) is 13.8. The second-order valence-electron chi connectivity index (χ2n) is 20.4. The second kappa shape index (κ2) is 23.2. The Morgan fingerprint density at radius 3 is 0.770 bits per heavy atom. The van der Waals surface area contributed by atoms with Gasteiger partial charge in [0.15, 0.2) is 12.3 Å². The molecule has 0 fully saturated rings. The predicted molar refractivity (Wildman–Crippen MR) is 256 cm³/mol. The van der Waals surface area contributed by atoms with Crippen molar-refractivity contribution in [3.63, 3.8) is 0 Å². The van der Waals surface area contributed by atoms with Crippen LogP contribution in [-0.4, -0.2) is 49.1 Å². The Morgan fingerprint density at radius 2 is 0.608 bits per heavy atom. The molecule has 28 heteroatoms. The zero-order valence-electron chi connectivity index (χ0n) is 43.1. The zero-order valence-corrected chi connectivity index (χ0v) is 46.7. The summed E-state index contributed by atoms with van der Waals surface area (Å²) in [4.78, 5) is 10.4. The van der Waals surface area contributed by atoms with Crippen LogP contribution in [0.4, 0.5) is 50.4 Å². The average molecular weight is 1200 g/mol. The Kier molecular flexibility index (Phi) is 21.7. The second-order valence-corrected chi connectivity index (χ2v) is 24.3. The van der Waals surface area contributed by atoms with E-state index in [4.69, 9.17) is 40.9 Å². The summed E-state index contributed by atoms with van der Waals surface area (Å²) in [7, 11) is -21.3. The van der Waals surface area contributed by atoms with Crippen molar-refractivity contribution in [2.24, 2.45) is 0 Å². The number of hydrogen-bond donors (Lipinski definition) is 0. The molecular weight excluding hydrogens is 1140 g/mol. The number of nitriles is 2. The van der Waals surface area contributed by atoms with Crippen molar-refractivity contribution in [2.75, 3.05) is 0 Å². The van der Waals surface area contributed by atoms with E-state index in [9.17, 15) is 50.4 Å². The Bertz CT molecular complexity index is 2500. The summed E-state index contributed by atoms with van der Waals surface area (Å²) in [5.41, 5.74) is 7.52. The van der Waals surface area contributed by atoms with E-state index in [2.05, 4.69) is 144 Å². The van der Waals surface area contributed by atoms with Crippen LogP contribution < -0.4 is 0 Å². The number of pyridine rings is 2. The largest absolute Gasteiger partial charge is 0 e. The van der Waals surface area contributed by atoms with Crippen LogP contribution in [0.3, 0.4) is 0 Å². The van der Waals surface area contributed by atoms with Gasteiger partial charge >= 0.3 is 66.0 Å². The molecule has 0 unspecified atom stereocenters. The molecule has 0 bridgehead atoms. The first kappa shape index (κ1) is 69.2. The van der Waals surface area contributed by atoms with Crippen molar-refractivity contribution < 1.29 is 84.5 Å². The van der Waals surface area contributed by atoms with Crippen LogP contribution in [0.25, 0.3) is 0 Å². The fourth-order valence-electron chi connectivity index (χ4n) is 6.10. The van der Waals surface area contributed by atoms with E-state index in [1.165, 1.54) is 13.8 Å². The minimum atomic E-state index is -10.7. The van der Waals surface area contributed by atoms with Gasteiger partial charge in [-0.15, -0.1) is 0 Å². The Balaban J connectivity index is 0.00000206. The monoisotopic (exact) mass is 1200 g/mol. The number of hydrogen-bond acceptors (Lipinski definition) is 8. The quantitative estimate of drug-likeness (QED) is 0.0790. The van der Waals surface area contributed by atoms with E-state index in [0.29, 0.717) is 0 Å². The van der Waals surface area contributed by atoms with Gasteiger partial charge in [-0.2, -0.15) is 30.9 Å². The van der Waals surface area contributed by atoms with Crippen LogP contribution in [0.1, 0.15) is 155 Å². The number of nitrogens with zero attached hydrogens (tertiary/aromatic N) is 12. The van der Waals surface area contributed by atoms with Crippen molar-refractivity contribution in [3.05, 3.63) is 131 Å². The minimum Gasteiger partial charge on any atom is 0 e. The number of halogens is 12. The maximum atomic E-state index is 9.87. The van der Waals surface area contributed by atoms with E-state index in [1.54, 1.807) is 12.1 Å². The minimum absolute atomic E-state index is 0. The molecule has 0 aliphatic rings. The first-order chi connectivity index (χ1) is 32.0. The van der Waals surface area contributed by atoms with Gasteiger partial charge in [-0.25, -0.2) is 18.7 Å². The summed E-state index contributed by atoms with van der Waals surface area (Å²) in [5.74, 6) is 0. The van der Waals surface area contributed by atoms with Gasteiger partial charge in [0, 0.05) is 106 Å². The molecule has 0 aliphatic carbocycles. The molecule has 0 spiro atoms. The summed E-state index contributed by atoms with van der Waals surface area (Å²) in [6.07, 6.45) is 8.96. The van der Waals surface area contributed by atoms with Crippen molar-refractivity contribution in [2.45, 2.75) is 144 Å². The smallest absolute Gasteiger partial charge is 0 e. The van der Waals surface area contributed by atoms with Gasteiger partial charge in [0.05, 0.1) is 46.3 Å². The molecular formula is C46H62Cu2F12N12P2-2. The van der Waals surface area contributed by atoms with Crippen LogP contribution in [-0.2, 0) is 68.6 Å². The number of aryl methyl sites for hydroxylation is 2. The summed E-state index contributed by atoms with van der Waals surface area (Å²) < 4.78 is 126. The maximum Gasteiger partial charge on any atom is 0 e.